The minimum atomic E-state index is -0.206. The maximum Gasteiger partial charge on any atom is 0.291 e. The number of carbonyl (C=O) groups is 1. The molecule has 0 atom stereocenters. The summed E-state index contributed by atoms with van der Waals surface area (Å²) in [4.78, 5) is 30.5. The van der Waals surface area contributed by atoms with Crippen LogP contribution in [0.25, 0.3) is 21.8 Å². The fourth-order valence-corrected chi connectivity index (χ4v) is 5.22. The molecule has 30 heavy (non-hydrogen) atoms. The Kier molecular flexibility index (Phi) is 5.06. The summed E-state index contributed by atoms with van der Waals surface area (Å²) in [5.74, 6) is -0.0141. The minimum Gasteiger partial charge on any atom is -0.341 e. The molecule has 0 unspecified atom stereocenters. The molecule has 2 aliphatic rings. The van der Waals surface area contributed by atoms with Crippen LogP contribution in [0.15, 0.2) is 35.3 Å². The Morgan fingerprint density at radius 2 is 1.77 bits per heavy atom. The highest BCUT2D eigenvalue weighted by Gasteiger charge is 2.28. The van der Waals surface area contributed by atoms with Crippen LogP contribution in [-0.2, 0) is 18.4 Å². The molecule has 0 N–H and O–H groups in total. The Morgan fingerprint density at radius 1 is 1.03 bits per heavy atom. The van der Waals surface area contributed by atoms with Crippen LogP contribution in [0.5, 0.6) is 0 Å². The molecule has 2 aliphatic heterocycles. The van der Waals surface area contributed by atoms with Crippen LogP contribution >= 0.6 is 0 Å². The zero-order valence-electron chi connectivity index (χ0n) is 17.6. The molecule has 1 aromatic carbocycles. The third-order valence-corrected chi connectivity index (χ3v) is 6.92. The molecule has 0 aliphatic carbocycles. The molecule has 7 heteroatoms. The van der Waals surface area contributed by atoms with Gasteiger partial charge in [0.2, 0.25) is 5.91 Å². The van der Waals surface area contributed by atoms with E-state index in [9.17, 15) is 9.59 Å². The van der Waals surface area contributed by atoms with Gasteiger partial charge in [0, 0.05) is 42.5 Å². The Hall–Kier alpha value is -2.67. The van der Waals surface area contributed by atoms with Crippen LogP contribution in [0, 0.1) is 0 Å². The van der Waals surface area contributed by atoms with Gasteiger partial charge >= 0.3 is 0 Å². The topological polar surface area (TPSA) is 63.4 Å². The van der Waals surface area contributed by atoms with Crippen LogP contribution in [0.3, 0.4) is 0 Å². The van der Waals surface area contributed by atoms with Gasteiger partial charge < -0.3 is 14.4 Å². The van der Waals surface area contributed by atoms with Crippen molar-refractivity contribution in [1.29, 1.82) is 0 Å². The Bertz CT molecular complexity index is 1130. The van der Waals surface area contributed by atoms with Crippen molar-refractivity contribution < 1.29 is 4.79 Å². The summed E-state index contributed by atoms with van der Waals surface area (Å²) in [5.41, 5.74) is 1.39. The van der Waals surface area contributed by atoms with Crippen molar-refractivity contribution in [3.8, 4) is 0 Å². The third kappa shape index (κ3) is 3.31. The van der Waals surface area contributed by atoms with E-state index in [0.717, 1.165) is 42.2 Å². The monoisotopic (exact) mass is 407 g/mol. The van der Waals surface area contributed by atoms with E-state index in [-0.39, 0.29) is 18.0 Å². The largest absolute Gasteiger partial charge is 0.341 e. The SMILES string of the molecule is Cn1c2ccccc2c2cnn(CC(=O)N3CCC(N4CCCCC4)CC3)c(=O)c21. The molecule has 1 amide bonds. The number of benzene rings is 1. The number of rotatable bonds is 3. The van der Waals surface area contributed by atoms with Crippen LogP contribution in [0.1, 0.15) is 32.1 Å². The van der Waals surface area contributed by atoms with E-state index in [1.165, 1.54) is 37.0 Å². The highest BCUT2D eigenvalue weighted by atomic mass is 16.2. The van der Waals surface area contributed by atoms with Crippen molar-refractivity contribution in [2.45, 2.75) is 44.7 Å². The second-order valence-electron chi connectivity index (χ2n) is 8.65. The van der Waals surface area contributed by atoms with Crippen LogP contribution in [0.4, 0.5) is 0 Å². The van der Waals surface area contributed by atoms with Gasteiger partial charge in [-0.1, -0.05) is 24.6 Å². The number of likely N-dealkylation sites (tertiary alicyclic amines) is 2. The fraction of sp³-hybridized carbons (Fsp3) is 0.522. The lowest BCUT2D eigenvalue weighted by molar-refractivity contribution is -0.133. The predicted octanol–water partition coefficient (Wildman–Crippen LogP) is 2.37. The zero-order valence-corrected chi connectivity index (χ0v) is 17.6. The minimum absolute atomic E-state index is 0.00464. The molecule has 2 saturated heterocycles. The van der Waals surface area contributed by atoms with Gasteiger partial charge in [-0.05, 0) is 44.8 Å². The number of hydrogen-bond acceptors (Lipinski definition) is 4. The first-order chi connectivity index (χ1) is 14.6. The normalized spacial score (nSPS) is 19.0. The summed E-state index contributed by atoms with van der Waals surface area (Å²) in [6.45, 7) is 3.94. The first kappa shape index (κ1) is 19.3. The standard InChI is InChI=1S/C23H29N5O2/c1-25-20-8-4-3-7-18(20)19-15-24-28(23(30)22(19)25)16-21(29)27-13-9-17(10-14-27)26-11-5-2-6-12-26/h3-4,7-8,15,17H,2,5-6,9-14,16H2,1H3. The zero-order chi connectivity index (χ0) is 20.7. The van der Waals surface area contributed by atoms with Crippen molar-refractivity contribution >= 4 is 27.7 Å². The number of hydrogen-bond donors (Lipinski definition) is 0. The van der Waals surface area contributed by atoms with Crippen LogP contribution < -0.4 is 5.56 Å². The molecule has 3 aromatic rings. The van der Waals surface area contributed by atoms with Crippen LogP contribution in [-0.4, -0.2) is 62.3 Å². The summed E-state index contributed by atoms with van der Waals surface area (Å²) < 4.78 is 3.22. The highest BCUT2D eigenvalue weighted by Crippen LogP contribution is 2.25. The lowest BCUT2D eigenvalue weighted by Crippen LogP contribution is -2.49. The molecule has 0 radical (unpaired) electrons. The number of carbonyl (C=O) groups excluding carboxylic acids is 1. The average molecular weight is 408 g/mol. The summed E-state index contributed by atoms with van der Waals surface area (Å²) in [7, 11) is 1.89. The molecule has 0 saturated carbocycles. The van der Waals surface area contributed by atoms with E-state index in [1.807, 2.05) is 40.8 Å². The van der Waals surface area contributed by atoms with Gasteiger partial charge in [-0.3, -0.25) is 9.59 Å². The molecule has 0 bridgehead atoms. The first-order valence-corrected chi connectivity index (χ1v) is 11.1. The number of aryl methyl sites for hydroxylation is 1. The summed E-state index contributed by atoms with van der Waals surface area (Å²) in [6.07, 6.45) is 7.70. The van der Waals surface area contributed by atoms with Crippen molar-refractivity contribution in [1.82, 2.24) is 24.1 Å². The van der Waals surface area contributed by atoms with Crippen molar-refractivity contribution in [3.05, 3.63) is 40.8 Å². The maximum atomic E-state index is 13.1. The number of amides is 1. The van der Waals surface area contributed by atoms with E-state index >= 15 is 0 Å². The lowest BCUT2D eigenvalue weighted by atomic mass is 10.00. The van der Waals surface area contributed by atoms with Gasteiger partial charge in [-0.2, -0.15) is 5.10 Å². The highest BCUT2D eigenvalue weighted by molar-refractivity contribution is 6.07. The van der Waals surface area contributed by atoms with Gasteiger partial charge in [-0.15, -0.1) is 0 Å². The van der Waals surface area contributed by atoms with E-state index in [0.29, 0.717) is 11.6 Å². The molecule has 158 valence electrons. The van der Waals surface area contributed by atoms with E-state index in [2.05, 4.69) is 10.00 Å². The molecular weight excluding hydrogens is 378 g/mol. The van der Waals surface area contributed by atoms with Crippen LogP contribution in [0.2, 0.25) is 0 Å². The summed E-state index contributed by atoms with van der Waals surface area (Å²) >= 11 is 0. The molecule has 7 nitrogen and oxygen atoms in total. The molecule has 4 heterocycles. The molecular formula is C23H29N5O2. The second-order valence-corrected chi connectivity index (χ2v) is 8.65. The third-order valence-electron chi connectivity index (χ3n) is 6.92. The smallest absolute Gasteiger partial charge is 0.291 e. The van der Waals surface area contributed by atoms with Crippen molar-refractivity contribution in [2.24, 2.45) is 7.05 Å². The Balaban J connectivity index is 1.32. The number of fused-ring (bicyclic) bond motifs is 3. The molecule has 2 aromatic heterocycles. The predicted molar refractivity (Wildman–Crippen MR) is 118 cm³/mol. The Morgan fingerprint density at radius 3 is 2.53 bits per heavy atom. The van der Waals surface area contributed by atoms with Gasteiger partial charge in [0.1, 0.15) is 12.1 Å². The quantitative estimate of drug-likeness (QED) is 0.669. The molecule has 2 fully saturated rings. The Labute approximate surface area is 175 Å². The molecule has 0 spiro atoms. The first-order valence-electron chi connectivity index (χ1n) is 11.1. The summed E-state index contributed by atoms with van der Waals surface area (Å²) in [6, 6.07) is 8.52. The van der Waals surface area contributed by atoms with Gasteiger partial charge in [-0.25, -0.2) is 4.68 Å². The summed E-state index contributed by atoms with van der Waals surface area (Å²) in [5, 5.41) is 6.18. The van der Waals surface area contributed by atoms with E-state index in [4.69, 9.17) is 0 Å². The van der Waals surface area contributed by atoms with Gasteiger partial charge in [0.15, 0.2) is 0 Å². The van der Waals surface area contributed by atoms with Gasteiger partial charge in [0.05, 0.1) is 6.20 Å². The molecule has 5 rings (SSSR count). The van der Waals surface area contributed by atoms with E-state index in [1.54, 1.807) is 6.20 Å². The van der Waals surface area contributed by atoms with Gasteiger partial charge in [0.25, 0.3) is 5.56 Å². The second kappa shape index (κ2) is 7.87. The average Bonchev–Trinajstić information content (AvgIpc) is 3.09. The maximum absolute atomic E-state index is 13.1. The lowest BCUT2D eigenvalue weighted by Gasteiger charge is -2.40. The number of piperidine rings is 2. The fourth-order valence-electron chi connectivity index (χ4n) is 5.22. The van der Waals surface area contributed by atoms with E-state index < -0.39 is 0 Å². The van der Waals surface area contributed by atoms with Crippen molar-refractivity contribution in [3.63, 3.8) is 0 Å². The number of aromatic nitrogens is 3. The number of para-hydroxylation sites is 1. The number of nitrogens with zero attached hydrogens (tertiary/aromatic N) is 5. The van der Waals surface area contributed by atoms with Crippen molar-refractivity contribution in [2.75, 3.05) is 26.2 Å².